The largest absolute Gasteiger partial charge is 2.00 e. The molecule has 2 aromatic heterocycles. The Labute approximate surface area is 245 Å². The van der Waals surface area contributed by atoms with Crippen molar-refractivity contribution in [3.05, 3.63) is 63.6 Å². The van der Waals surface area contributed by atoms with Crippen LogP contribution in [0.25, 0.3) is 11.4 Å². The van der Waals surface area contributed by atoms with Crippen molar-refractivity contribution in [1.29, 1.82) is 0 Å². The molecule has 2 aliphatic rings. The number of pyridine rings is 2. The van der Waals surface area contributed by atoms with Crippen molar-refractivity contribution >= 4 is 20.2 Å². The van der Waals surface area contributed by atoms with Crippen LogP contribution in [0.2, 0.25) is 0 Å². The van der Waals surface area contributed by atoms with E-state index in [0.29, 0.717) is 0 Å². The Kier molecular flexibility index (Phi) is 21.7. The molecule has 2 fully saturated rings. The van der Waals surface area contributed by atoms with Gasteiger partial charge in [0.25, 0.3) is 0 Å². The predicted molar refractivity (Wildman–Crippen MR) is 138 cm³/mol. The van der Waals surface area contributed by atoms with Crippen LogP contribution in [0.3, 0.4) is 0 Å². The normalized spacial score (nSPS) is 14.7. The molecule has 40 heavy (non-hydrogen) atoms. The minimum Gasteiger partial charge on any atom is -0.358 e. The fourth-order valence-electron chi connectivity index (χ4n) is 2.99. The van der Waals surface area contributed by atoms with E-state index in [2.05, 4.69) is 9.97 Å². The molecule has 1 radical (unpaired) electrons. The van der Waals surface area contributed by atoms with Gasteiger partial charge >= 0.3 is 49.8 Å². The monoisotopic (exact) mass is 659 g/mol. The summed E-state index contributed by atoms with van der Waals surface area (Å²) < 4.78 is 110. The maximum absolute atomic E-state index is 11.4. The van der Waals surface area contributed by atoms with E-state index in [1.54, 1.807) is 12.4 Å². The van der Waals surface area contributed by atoms with Crippen LogP contribution in [-0.4, -0.2) is 37.8 Å². The minimum absolute atomic E-state index is 0. The van der Waals surface area contributed by atoms with Gasteiger partial charge < -0.3 is 14.9 Å². The summed E-state index contributed by atoms with van der Waals surface area (Å²) in [6.07, 6.45) is 18.5. The molecular weight excluding hydrogens is 625 g/mol. The van der Waals surface area contributed by atoms with Crippen LogP contribution in [0, 0.1) is 14.9 Å². The molecule has 0 amide bonds. The molecule has 2 heterocycles. The summed E-state index contributed by atoms with van der Waals surface area (Å²) in [6, 6.07) is 11.6. The van der Waals surface area contributed by atoms with Gasteiger partial charge in [-0.1, -0.05) is 76.3 Å². The molecule has 0 saturated heterocycles. The van der Waals surface area contributed by atoms with Crippen LogP contribution in [0.5, 0.6) is 0 Å². The van der Waals surface area contributed by atoms with Gasteiger partial charge in [0.2, 0.25) is 0 Å². The average molecular weight is 660 g/mol. The van der Waals surface area contributed by atoms with Crippen molar-refractivity contribution in [1.82, 2.24) is 9.97 Å². The molecule has 229 valence electrons. The molecule has 0 spiro atoms. The molecule has 0 aliphatic heterocycles. The first-order valence-corrected chi connectivity index (χ1v) is 14.1. The maximum atomic E-state index is 11.4. The first-order chi connectivity index (χ1) is 17.2. The number of alkyl halides is 6. The topological polar surface area (TPSA) is 103 Å². The minimum atomic E-state index is -6.85. The van der Waals surface area contributed by atoms with Gasteiger partial charge in [-0.25, -0.2) is 0 Å². The Morgan fingerprint density at radius 1 is 0.550 bits per heavy atom. The molecule has 0 aromatic carbocycles. The number of nitrogens with zero attached hydrogens (tertiary/aromatic N) is 2. The maximum Gasteiger partial charge on any atom is 2.00 e. The van der Waals surface area contributed by atoms with Crippen LogP contribution in [-0.2, 0) is 42.4 Å². The summed E-state index contributed by atoms with van der Waals surface area (Å²) in [5, 5.41) is 0. The second-order valence-electron chi connectivity index (χ2n) is 7.83. The number of hydrogen-bond donors (Lipinski definition) is 0. The van der Waals surface area contributed by atoms with Crippen LogP contribution < -0.4 is 0 Å². The molecule has 16 heteroatoms. The molecule has 2 aromatic rings. The Bertz CT molecular complexity index is 1010. The zero-order valence-electron chi connectivity index (χ0n) is 22.2. The van der Waals surface area contributed by atoms with Crippen LogP contribution >= 0.6 is 0 Å². The van der Waals surface area contributed by atoms with Crippen molar-refractivity contribution < 1.29 is 65.4 Å². The molecule has 2 saturated carbocycles. The van der Waals surface area contributed by atoms with Crippen molar-refractivity contribution in [2.75, 3.05) is 0 Å². The molecule has 0 N–H and O–H groups in total. The average Bonchev–Trinajstić information content (AvgIpc) is 3.58. The molecule has 0 atom stereocenters. The van der Waals surface area contributed by atoms with Crippen LogP contribution in [0.15, 0.2) is 48.8 Å². The summed E-state index contributed by atoms with van der Waals surface area (Å²) in [5.41, 5.74) is -10.7. The van der Waals surface area contributed by atoms with Crippen LogP contribution in [0.4, 0.5) is 26.3 Å². The van der Waals surface area contributed by atoms with Crippen molar-refractivity contribution in [3.63, 3.8) is 0 Å². The fraction of sp³-hybridized carbons (Fsp3) is 0.500. The van der Waals surface area contributed by atoms with Gasteiger partial charge in [-0.2, -0.15) is 43.2 Å². The zero-order chi connectivity index (χ0) is 28.0. The van der Waals surface area contributed by atoms with E-state index in [1.807, 2.05) is 40.0 Å². The predicted octanol–water partition coefficient (Wildman–Crippen LogP) is 7.64. The third-order valence-electron chi connectivity index (χ3n) is 4.84. The van der Waals surface area contributed by atoms with E-state index in [9.17, 15) is 43.2 Å². The summed E-state index contributed by atoms with van der Waals surface area (Å²) >= 11 is 0. The summed E-state index contributed by atoms with van der Waals surface area (Å²) in [7, 11) is -13.7. The number of hydrogen-bond acceptors (Lipinski definition) is 7. The molecule has 2 aliphatic carbocycles. The van der Waals surface area contributed by atoms with Crippen molar-refractivity contribution in [2.24, 2.45) is 0 Å². The Morgan fingerprint density at radius 2 is 0.800 bits per heavy atom. The van der Waals surface area contributed by atoms with Gasteiger partial charge in [-0.05, 0) is 24.3 Å². The number of rotatable bonds is 3. The third kappa shape index (κ3) is 16.6. The molecule has 7 nitrogen and oxygen atoms in total. The standard InChI is InChI=1S/C10H8N2.2C5H10.C2F6O5S2.2CH3.V/c1-3-7-11-9(5-1)10-6-2-4-8-12-10;2*1-2-4-5-3-1;3-1(4,5)14(9,10)13-15(11,12)2(6,7)8;;;/h1-8H;2*1-5H2;;2*1H3;/q;;;;2*-1;+2. The van der Waals surface area contributed by atoms with E-state index in [1.165, 1.54) is 64.2 Å². The fourth-order valence-corrected chi connectivity index (χ4v) is 4.55. The van der Waals surface area contributed by atoms with E-state index >= 15 is 0 Å². The van der Waals surface area contributed by atoms with E-state index in [4.69, 9.17) is 0 Å². The number of halogens is 6. The van der Waals surface area contributed by atoms with Crippen molar-refractivity contribution in [3.8, 4) is 11.4 Å². The smallest absolute Gasteiger partial charge is 0.358 e. The number of aromatic nitrogens is 2. The Balaban J connectivity index is -0.000000485. The Hall–Kier alpha value is -1.68. The molecular formula is C24H34F6N2O5S2V. The summed E-state index contributed by atoms with van der Waals surface area (Å²) in [4.78, 5) is 8.37. The van der Waals surface area contributed by atoms with Gasteiger partial charge in [0.15, 0.2) is 0 Å². The van der Waals surface area contributed by atoms with Gasteiger partial charge in [0.1, 0.15) is 0 Å². The second kappa shape index (κ2) is 20.2. The van der Waals surface area contributed by atoms with E-state index in [-0.39, 0.29) is 33.4 Å². The third-order valence-corrected chi connectivity index (χ3v) is 7.41. The quantitative estimate of drug-likeness (QED) is 0.190. The van der Waals surface area contributed by atoms with E-state index < -0.39 is 31.3 Å². The summed E-state index contributed by atoms with van der Waals surface area (Å²) in [5.74, 6) is 0. The van der Waals surface area contributed by atoms with Gasteiger partial charge in [-0.3, -0.25) is 9.97 Å². The van der Waals surface area contributed by atoms with E-state index in [0.717, 1.165) is 11.4 Å². The molecule has 0 unspecified atom stereocenters. The van der Waals surface area contributed by atoms with Crippen molar-refractivity contribution in [2.45, 2.75) is 75.2 Å². The van der Waals surface area contributed by atoms with Gasteiger partial charge in [0, 0.05) is 12.4 Å². The zero-order valence-corrected chi connectivity index (χ0v) is 25.2. The first-order valence-electron chi connectivity index (χ1n) is 11.3. The van der Waals surface area contributed by atoms with Gasteiger partial charge in [-0.15, -0.1) is 3.63 Å². The molecule has 4 rings (SSSR count). The second-order valence-corrected chi connectivity index (χ2v) is 11.1. The summed E-state index contributed by atoms with van der Waals surface area (Å²) in [6.45, 7) is 0. The first kappa shape index (κ1) is 42.8. The SMILES string of the molecule is C1CCCC1.C1CCCC1.O=S(=O)(OS(=O)(=O)C(F)(F)F)C(F)(F)F.[CH3-].[CH3-].[V+2].c1ccc(-c2ccccn2)nc1. The Morgan fingerprint density at radius 3 is 0.975 bits per heavy atom. The molecule has 0 bridgehead atoms. The van der Waals surface area contributed by atoms with Gasteiger partial charge in [0.05, 0.1) is 11.4 Å². The van der Waals surface area contributed by atoms with Crippen LogP contribution in [0.1, 0.15) is 64.2 Å².